The first-order chi connectivity index (χ1) is 15.3. The average molecular weight is 525 g/mol. The van der Waals surface area contributed by atoms with E-state index in [1.807, 2.05) is 5.32 Å². The molecule has 0 unspecified atom stereocenters. The van der Waals surface area contributed by atoms with Gasteiger partial charge in [0.2, 0.25) is 10.0 Å². The second kappa shape index (κ2) is 9.19. The van der Waals surface area contributed by atoms with E-state index >= 15 is 0 Å². The molecule has 2 aromatic rings. The predicted molar refractivity (Wildman–Crippen MR) is 114 cm³/mol. The van der Waals surface area contributed by atoms with E-state index in [9.17, 15) is 50.0 Å². The van der Waals surface area contributed by atoms with Crippen LogP contribution in [-0.4, -0.2) is 50.4 Å². The number of sulfonamides is 1. The number of alkyl halides is 3. The van der Waals surface area contributed by atoms with E-state index in [1.54, 1.807) is 0 Å². The summed E-state index contributed by atoms with van der Waals surface area (Å²) in [7, 11) is -7.94. The van der Waals surface area contributed by atoms with Crippen molar-refractivity contribution in [2.45, 2.75) is 23.6 Å². The Morgan fingerprint density at radius 1 is 1.06 bits per heavy atom. The van der Waals surface area contributed by atoms with Crippen LogP contribution >= 0.6 is 0 Å². The molecule has 2 aromatic carbocycles. The minimum atomic E-state index is -5.12. The summed E-state index contributed by atoms with van der Waals surface area (Å²) in [4.78, 5) is 21.6. The molecule has 0 aliphatic heterocycles. The molecule has 1 atom stereocenters. The summed E-state index contributed by atoms with van der Waals surface area (Å²) in [5, 5.41) is 23.1. The number of halogens is 3. The van der Waals surface area contributed by atoms with Gasteiger partial charge < -0.3 is 10.4 Å². The third-order valence-corrected chi connectivity index (χ3v) is 6.77. The van der Waals surface area contributed by atoms with E-state index in [-0.39, 0.29) is 16.6 Å². The molecule has 2 rings (SSSR count). The Morgan fingerprint density at radius 3 is 2.06 bits per heavy atom. The third-order valence-electron chi connectivity index (χ3n) is 4.23. The molecule has 0 saturated heterocycles. The summed E-state index contributed by atoms with van der Waals surface area (Å²) in [6.45, 7) is 0.815. The molecule has 0 aliphatic rings. The van der Waals surface area contributed by atoms with Crippen molar-refractivity contribution in [1.29, 1.82) is 0 Å². The molecule has 0 aliphatic carbocycles. The molecule has 11 nitrogen and oxygen atoms in total. The number of nitro benzene ring substituents is 1. The van der Waals surface area contributed by atoms with E-state index in [0.717, 1.165) is 43.5 Å². The lowest BCUT2D eigenvalue weighted by molar-refractivity contribution is -0.388. The fourth-order valence-electron chi connectivity index (χ4n) is 2.73. The summed E-state index contributed by atoms with van der Waals surface area (Å²) in [5.74, 6) is -2.56. The van der Waals surface area contributed by atoms with Gasteiger partial charge in [-0.15, -0.1) is 0 Å². The maximum atomic E-state index is 13.1. The normalized spacial score (nSPS) is 14.2. The van der Waals surface area contributed by atoms with Crippen molar-refractivity contribution in [3.05, 3.63) is 58.1 Å². The Balaban J connectivity index is 2.24. The number of nitro groups is 1. The lowest BCUT2D eigenvalue weighted by atomic mass is 10.1. The standard InChI is InChI=1S/C18H18F3N3O8S2/c1-17(26,10-34(31,32)13-6-3-11(4-7-13)23-33(2,29)30)16(25)22-12-5-8-15(24(27)28)14(9-12)18(19,20)21/h3-9,23,26H,10H2,1-2H3,(H,22,25)/t17-/m0/s1. The van der Waals surface area contributed by atoms with Gasteiger partial charge in [-0.05, 0) is 43.3 Å². The number of amides is 1. The smallest absolute Gasteiger partial charge is 0.379 e. The number of nitrogens with one attached hydrogen (secondary N) is 2. The number of hydrogen-bond donors (Lipinski definition) is 3. The number of rotatable bonds is 8. The first-order valence-corrected chi connectivity index (χ1v) is 12.6. The Bertz CT molecular complexity index is 1320. The number of anilines is 2. The highest BCUT2D eigenvalue weighted by atomic mass is 32.2. The van der Waals surface area contributed by atoms with Crippen molar-refractivity contribution in [2.75, 3.05) is 22.0 Å². The first kappa shape index (κ1) is 27.0. The van der Waals surface area contributed by atoms with Crippen LogP contribution in [0.5, 0.6) is 0 Å². The van der Waals surface area contributed by atoms with E-state index in [0.29, 0.717) is 6.07 Å². The van der Waals surface area contributed by atoms with Crippen molar-refractivity contribution in [3.63, 3.8) is 0 Å². The number of hydrogen-bond acceptors (Lipinski definition) is 8. The maximum absolute atomic E-state index is 13.1. The molecule has 0 radical (unpaired) electrons. The molecule has 16 heteroatoms. The molecular formula is C18H18F3N3O8S2. The van der Waals surface area contributed by atoms with Crippen molar-refractivity contribution in [1.82, 2.24) is 0 Å². The van der Waals surface area contributed by atoms with Crippen LogP contribution in [0.2, 0.25) is 0 Å². The summed E-state index contributed by atoms with van der Waals surface area (Å²) < 4.78 is 89.1. The van der Waals surface area contributed by atoms with Crippen LogP contribution in [0.15, 0.2) is 47.4 Å². The fraction of sp³-hybridized carbons (Fsp3) is 0.278. The number of carbonyl (C=O) groups excluding carboxylic acids is 1. The quantitative estimate of drug-likeness (QED) is 0.347. The molecule has 0 aromatic heterocycles. The van der Waals surface area contributed by atoms with Gasteiger partial charge in [0.15, 0.2) is 15.4 Å². The Labute approximate surface area is 191 Å². The average Bonchev–Trinajstić information content (AvgIpc) is 2.65. The lowest BCUT2D eigenvalue weighted by Gasteiger charge is -2.22. The van der Waals surface area contributed by atoms with Gasteiger partial charge >= 0.3 is 6.18 Å². The Morgan fingerprint density at radius 2 is 1.59 bits per heavy atom. The molecule has 186 valence electrons. The second-order valence-corrected chi connectivity index (χ2v) is 11.1. The van der Waals surface area contributed by atoms with Crippen LogP contribution in [0.25, 0.3) is 0 Å². The molecule has 0 fully saturated rings. The molecular weight excluding hydrogens is 507 g/mol. The summed E-state index contributed by atoms with van der Waals surface area (Å²) in [6.07, 6.45) is -4.23. The minimum absolute atomic E-state index is 0.0598. The number of carbonyl (C=O) groups is 1. The summed E-state index contributed by atoms with van der Waals surface area (Å²) >= 11 is 0. The highest BCUT2D eigenvalue weighted by molar-refractivity contribution is 7.92. The molecule has 3 N–H and O–H groups in total. The van der Waals surface area contributed by atoms with Gasteiger partial charge in [0.05, 0.1) is 21.8 Å². The monoisotopic (exact) mass is 525 g/mol. The van der Waals surface area contributed by atoms with Crippen molar-refractivity contribution < 1.29 is 44.8 Å². The largest absolute Gasteiger partial charge is 0.423 e. The zero-order valence-corrected chi connectivity index (χ0v) is 19.1. The summed E-state index contributed by atoms with van der Waals surface area (Å²) in [5.41, 5.74) is -6.02. The van der Waals surface area contributed by atoms with Gasteiger partial charge in [0.1, 0.15) is 5.56 Å². The van der Waals surface area contributed by atoms with E-state index < -0.39 is 65.2 Å². The molecule has 0 heterocycles. The van der Waals surface area contributed by atoms with Crippen LogP contribution in [0.3, 0.4) is 0 Å². The van der Waals surface area contributed by atoms with Gasteiger partial charge in [-0.1, -0.05) is 0 Å². The van der Waals surface area contributed by atoms with Gasteiger partial charge in [-0.3, -0.25) is 19.6 Å². The second-order valence-electron chi connectivity index (χ2n) is 7.37. The van der Waals surface area contributed by atoms with Crippen LogP contribution in [0, 0.1) is 10.1 Å². The van der Waals surface area contributed by atoms with Gasteiger partial charge in [0, 0.05) is 17.4 Å². The minimum Gasteiger partial charge on any atom is -0.379 e. The number of benzene rings is 2. The number of aliphatic hydroxyl groups is 1. The molecule has 0 saturated carbocycles. The van der Waals surface area contributed by atoms with Gasteiger partial charge in [-0.25, -0.2) is 16.8 Å². The lowest BCUT2D eigenvalue weighted by Crippen LogP contribution is -2.45. The molecule has 34 heavy (non-hydrogen) atoms. The van der Waals surface area contributed by atoms with Crippen LogP contribution in [0.1, 0.15) is 12.5 Å². The maximum Gasteiger partial charge on any atom is 0.423 e. The van der Waals surface area contributed by atoms with Crippen molar-refractivity contribution in [3.8, 4) is 0 Å². The van der Waals surface area contributed by atoms with Crippen LogP contribution < -0.4 is 10.0 Å². The molecule has 0 bridgehead atoms. The van der Waals surface area contributed by atoms with Gasteiger partial charge in [-0.2, -0.15) is 13.2 Å². The summed E-state index contributed by atoms with van der Waals surface area (Å²) in [6, 6.07) is 5.93. The Hall–Kier alpha value is -3.24. The Kier molecular flexibility index (Phi) is 7.30. The van der Waals surface area contributed by atoms with E-state index in [4.69, 9.17) is 0 Å². The highest BCUT2D eigenvalue weighted by Crippen LogP contribution is 2.37. The van der Waals surface area contributed by atoms with Crippen molar-refractivity contribution in [2.24, 2.45) is 0 Å². The molecule has 1 amide bonds. The SMILES string of the molecule is C[C@](O)(CS(=O)(=O)c1ccc(NS(C)(=O)=O)cc1)C(=O)Nc1ccc([N+](=O)[O-])c(C(F)(F)F)c1. The fourth-order valence-corrected chi connectivity index (χ4v) is 4.88. The highest BCUT2D eigenvalue weighted by Gasteiger charge is 2.40. The van der Waals surface area contributed by atoms with Crippen LogP contribution in [0.4, 0.5) is 30.2 Å². The van der Waals surface area contributed by atoms with E-state index in [1.165, 1.54) is 0 Å². The van der Waals surface area contributed by atoms with Crippen molar-refractivity contribution >= 4 is 42.8 Å². The first-order valence-electron chi connectivity index (χ1n) is 9.02. The zero-order valence-electron chi connectivity index (χ0n) is 17.5. The topological polar surface area (TPSA) is 173 Å². The van der Waals surface area contributed by atoms with E-state index in [2.05, 4.69) is 4.72 Å². The molecule has 0 spiro atoms. The van der Waals surface area contributed by atoms with Crippen LogP contribution in [-0.2, 0) is 30.8 Å². The van der Waals surface area contributed by atoms with Gasteiger partial charge in [0.25, 0.3) is 11.6 Å². The zero-order chi connectivity index (χ0) is 26.1. The predicted octanol–water partition coefficient (Wildman–Crippen LogP) is 2.15. The number of sulfone groups is 1. The third kappa shape index (κ3) is 6.88. The number of nitrogens with zero attached hydrogens (tertiary/aromatic N) is 1.